The van der Waals surface area contributed by atoms with Gasteiger partial charge in [0, 0.05) is 16.0 Å². The third kappa shape index (κ3) is 3.17. The lowest BCUT2D eigenvalue weighted by atomic mass is 10.2. The smallest absolute Gasteiger partial charge is 0.259 e. The minimum absolute atomic E-state index is 0.182. The number of carbonyl (C=O) groups is 1. The lowest BCUT2D eigenvalue weighted by Gasteiger charge is -2.04. The summed E-state index contributed by atoms with van der Waals surface area (Å²) < 4.78 is 1.62. The van der Waals surface area contributed by atoms with E-state index < -0.39 is 0 Å². The number of nitrogens with one attached hydrogen (secondary N) is 1. The Hall–Kier alpha value is -2.12. The molecule has 1 amide bonds. The van der Waals surface area contributed by atoms with Gasteiger partial charge in [-0.25, -0.2) is 4.52 Å². The first-order chi connectivity index (χ1) is 12.5. The van der Waals surface area contributed by atoms with E-state index in [2.05, 4.69) is 15.4 Å². The molecule has 0 saturated heterocycles. The van der Waals surface area contributed by atoms with Gasteiger partial charge >= 0.3 is 0 Å². The van der Waals surface area contributed by atoms with Crippen molar-refractivity contribution in [3.8, 4) is 11.3 Å². The summed E-state index contributed by atoms with van der Waals surface area (Å²) >= 11 is 19.8. The Morgan fingerprint density at radius 2 is 1.88 bits per heavy atom. The van der Waals surface area contributed by atoms with Crippen molar-refractivity contribution in [2.24, 2.45) is 0 Å². The fourth-order valence-electron chi connectivity index (χ4n) is 2.43. The number of anilines is 1. The van der Waals surface area contributed by atoms with Gasteiger partial charge in [-0.05, 0) is 30.3 Å². The van der Waals surface area contributed by atoms with Gasteiger partial charge < -0.3 is 0 Å². The summed E-state index contributed by atoms with van der Waals surface area (Å²) in [6.07, 6.45) is 0. The predicted molar refractivity (Wildman–Crippen MR) is 106 cm³/mol. The number of halogens is 3. The highest BCUT2D eigenvalue weighted by Crippen LogP contribution is 2.33. The van der Waals surface area contributed by atoms with Crippen molar-refractivity contribution in [2.45, 2.75) is 0 Å². The fourth-order valence-corrected chi connectivity index (χ4v) is 3.86. The van der Waals surface area contributed by atoms with Gasteiger partial charge in [0.25, 0.3) is 11.9 Å². The van der Waals surface area contributed by atoms with Gasteiger partial charge in [-0.15, -0.1) is 16.4 Å². The largest absolute Gasteiger partial charge is 0.289 e. The van der Waals surface area contributed by atoms with Gasteiger partial charge in [-0.3, -0.25) is 10.1 Å². The zero-order valence-corrected chi connectivity index (χ0v) is 16.0. The van der Waals surface area contributed by atoms with Crippen LogP contribution in [0.2, 0.25) is 15.1 Å². The highest BCUT2D eigenvalue weighted by atomic mass is 35.5. The molecule has 9 heteroatoms. The molecule has 0 unspecified atom stereocenters. The standard InChI is InChI=1S/C17H9Cl3N4OS/c18-9-5-6-13(20)11(7-9)14-8-26-17-22-16(23-24(14)17)21-15(25)10-3-1-2-4-12(10)19/h1-8H,(H,21,23,25). The Labute approximate surface area is 167 Å². The molecular formula is C17H9Cl3N4OS. The summed E-state index contributed by atoms with van der Waals surface area (Å²) in [4.78, 5) is 17.3. The molecule has 2 heterocycles. The van der Waals surface area contributed by atoms with Crippen molar-refractivity contribution in [3.63, 3.8) is 0 Å². The van der Waals surface area contributed by atoms with Gasteiger partial charge in [0.1, 0.15) is 0 Å². The number of thiazole rings is 1. The van der Waals surface area contributed by atoms with Crippen LogP contribution in [-0.2, 0) is 0 Å². The molecule has 0 atom stereocenters. The van der Waals surface area contributed by atoms with Crippen LogP contribution < -0.4 is 5.32 Å². The van der Waals surface area contributed by atoms with Crippen LogP contribution in [0, 0.1) is 0 Å². The molecule has 0 aliphatic rings. The van der Waals surface area contributed by atoms with Crippen LogP contribution in [0.4, 0.5) is 5.95 Å². The summed E-state index contributed by atoms with van der Waals surface area (Å²) in [5.41, 5.74) is 1.83. The monoisotopic (exact) mass is 422 g/mol. The minimum atomic E-state index is -0.379. The number of amides is 1. The molecule has 2 aromatic carbocycles. The van der Waals surface area contributed by atoms with E-state index in [1.807, 2.05) is 5.38 Å². The van der Waals surface area contributed by atoms with E-state index in [1.165, 1.54) is 11.3 Å². The molecule has 5 nitrogen and oxygen atoms in total. The van der Waals surface area contributed by atoms with Crippen molar-refractivity contribution in [1.29, 1.82) is 0 Å². The highest BCUT2D eigenvalue weighted by molar-refractivity contribution is 7.15. The van der Waals surface area contributed by atoms with Crippen LogP contribution in [0.1, 0.15) is 10.4 Å². The number of benzene rings is 2. The Bertz CT molecular complexity index is 1140. The molecular weight excluding hydrogens is 415 g/mol. The second-order valence-electron chi connectivity index (χ2n) is 5.31. The molecule has 4 rings (SSSR count). The van der Waals surface area contributed by atoms with Crippen molar-refractivity contribution >= 4 is 63.0 Å². The maximum absolute atomic E-state index is 12.4. The molecule has 1 N–H and O–H groups in total. The lowest BCUT2D eigenvalue weighted by Crippen LogP contribution is -2.13. The first-order valence-corrected chi connectivity index (χ1v) is 9.40. The fraction of sp³-hybridized carbons (Fsp3) is 0. The molecule has 0 aliphatic carbocycles. The maximum atomic E-state index is 12.4. The average Bonchev–Trinajstić information content (AvgIpc) is 3.17. The third-order valence-corrected chi connectivity index (χ3v) is 5.34. The molecule has 0 bridgehead atoms. The summed E-state index contributed by atoms with van der Waals surface area (Å²) in [7, 11) is 0. The average molecular weight is 424 g/mol. The van der Waals surface area contributed by atoms with Crippen molar-refractivity contribution in [3.05, 3.63) is 68.5 Å². The highest BCUT2D eigenvalue weighted by Gasteiger charge is 2.17. The quantitative estimate of drug-likeness (QED) is 0.462. The van der Waals surface area contributed by atoms with Gasteiger partial charge in [-0.1, -0.05) is 46.9 Å². The van der Waals surface area contributed by atoms with Crippen LogP contribution in [-0.4, -0.2) is 20.5 Å². The van der Waals surface area contributed by atoms with E-state index >= 15 is 0 Å². The van der Waals surface area contributed by atoms with E-state index in [0.717, 1.165) is 11.3 Å². The van der Waals surface area contributed by atoms with Crippen molar-refractivity contribution < 1.29 is 4.79 Å². The zero-order chi connectivity index (χ0) is 18.3. The van der Waals surface area contributed by atoms with Crippen LogP contribution in [0.15, 0.2) is 47.8 Å². The molecule has 4 aromatic rings. The molecule has 130 valence electrons. The summed E-state index contributed by atoms with van der Waals surface area (Å²) in [5, 5.41) is 10.4. The van der Waals surface area contributed by atoms with Gasteiger partial charge in [-0.2, -0.15) is 4.98 Å². The van der Waals surface area contributed by atoms with E-state index in [-0.39, 0.29) is 11.9 Å². The molecule has 2 aromatic heterocycles. The van der Waals surface area contributed by atoms with Crippen LogP contribution in [0.5, 0.6) is 0 Å². The summed E-state index contributed by atoms with van der Waals surface area (Å²) in [6.45, 7) is 0. The molecule has 0 aliphatic heterocycles. The zero-order valence-electron chi connectivity index (χ0n) is 12.9. The minimum Gasteiger partial charge on any atom is -0.289 e. The lowest BCUT2D eigenvalue weighted by molar-refractivity contribution is 0.102. The molecule has 0 saturated carbocycles. The van der Waals surface area contributed by atoms with Gasteiger partial charge in [0.2, 0.25) is 4.96 Å². The Morgan fingerprint density at radius 3 is 2.69 bits per heavy atom. The summed E-state index contributed by atoms with van der Waals surface area (Å²) in [5.74, 6) is -0.197. The van der Waals surface area contributed by atoms with Gasteiger partial charge in [0.15, 0.2) is 0 Å². The van der Waals surface area contributed by atoms with E-state index in [4.69, 9.17) is 34.8 Å². The maximum Gasteiger partial charge on any atom is 0.259 e. The van der Waals surface area contributed by atoms with Crippen LogP contribution >= 0.6 is 46.1 Å². The first kappa shape index (κ1) is 17.3. The number of aromatic nitrogens is 3. The first-order valence-electron chi connectivity index (χ1n) is 7.38. The number of carbonyl (C=O) groups excluding carboxylic acids is 1. The van der Waals surface area contributed by atoms with E-state index in [9.17, 15) is 4.79 Å². The van der Waals surface area contributed by atoms with E-state index in [1.54, 1.807) is 47.0 Å². The number of hydrogen-bond acceptors (Lipinski definition) is 4. The Morgan fingerprint density at radius 1 is 1.08 bits per heavy atom. The SMILES string of the molecule is O=C(Nc1nc2scc(-c3cc(Cl)ccc3Cl)n2n1)c1ccccc1Cl. The molecule has 0 spiro atoms. The second-order valence-corrected chi connectivity index (χ2v) is 7.40. The topological polar surface area (TPSA) is 59.3 Å². The van der Waals surface area contributed by atoms with Gasteiger partial charge in [0.05, 0.1) is 21.3 Å². The van der Waals surface area contributed by atoms with Crippen LogP contribution in [0.25, 0.3) is 16.2 Å². The predicted octanol–water partition coefficient (Wildman–Crippen LogP) is 5.67. The number of nitrogens with zero attached hydrogens (tertiary/aromatic N) is 3. The molecule has 26 heavy (non-hydrogen) atoms. The molecule has 0 radical (unpaired) electrons. The van der Waals surface area contributed by atoms with E-state index in [0.29, 0.717) is 25.6 Å². The third-order valence-electron chi connectivity index (χ3n) is 3.63. The van der Waals surface area contributed by atoms with Crippen LogP contribution in [0.3, 0.4) is 0 Å². The molecule has 0 fully saturated rings. The Kier molecular flexibility index (Phi) is 4.58. The summed E-state index contributed by atoms with van der Waals surface area (Å²) in [6, 6.07) is 12.0. The van der Waals surface area contributed by atoms with Crippen molar-refractivity contribution in [1.82, 2.24) is 14.6 Å². The number of hydrogen-bond donors (Lipinski definition) is 1. The van der Waals surface area contributed by atoms with Crippen molar-refractivity contribution in [2.75, 3.05) is 5.32 Å². The number of rotatable bonds is 3. The normalized spacial score (nSPS) is 11.0. The Balaban J connectivity index is 1.69. The number of fused-ring (bicyclic) bond motifs is 1. The second kappa shape index (κ2) is 6.89.